The van der Waals surface area contributed by atoms with Gasteiger partial charge < -0.3 is 34.3 Å². The van der Waals surface area contributed by atoms with E-state index in [1.807, 2.05) is 59.8 Å². The number of nitrogens with one attached hydrogen (secondary N) is 1. The Morgan fingerprint density at radius 1 is 0.862 bits per heavy atom. The number of carbonyl (C=O) groups is 2. The van der Waals surface area contributed by atoms with E-state index < -0.39 is 6.23 Å². The van der Waals surface area contributed by atoms with Crippen molar-refractivity contribution in [2.45, 2.75) is 69.0 Å². The molecule has 4 heterocycles. The molecule has 2 amide bonds. The quantitative estimate of drug-likeness (QED) is 0.0943. The van der Waals surface area contributed by atoms with Crippen molar-refractivity contribution in [2.24, 2.45) is 9.98 Å². The van der Waals surface area contributed by atoms with Gasteiger partial charge in [-0.05, 0) is 68.0 Å². The van der Waals surface area contributed by atoms with E-state index >= 15 is 0 Å². The summed E-state index contributed by atoms with van der Waals surface area (Å²) in [5, 5.41) is 14.5. The lowest BCUT2D eigenvalue weighted by Gasteiger charge is -2.29. The number of aliphatic hydroxyl groups is 1. The average Bonchev–Trinajstić information content (AvgIpc) is 3.70. The third kappa shape index (κ3) is 7.84. The minimum absolute atomic E-state index is 0.0133. The van der Waals surface area contributed by atoms with E-state index in [1.54, 1.807) is 65.1 Å². The van der Waals surface area contributed by atoms with E-state index in [0.29, 0.717) is 83.7 Å². The van der Waals surface area contributed by atoms with Gasteiger partial charge in [-0.25, -0.2) is 0 Å². The lowest BCUT2D eigenvalue weighted by Crippen LogP contribution is -2.37. The number of aliphatic hydroxyl groups excluding tert-OH is 1. The number of hydrogen-bond acceptors (Lipinski definition) is 12. The molecule has 8 rings (SSSR count). The predicted octanol–water partition coefficient (Wildman–Crippen LogP) is 8.49. The van der Waals surface area contributed by atoms with Gasteiger partial charge in [-0.15, -0.1) is 0 Å². The molecular formula is C44H47N5O7S2. The number of benzene rings is 4. The van der Waals surface area contributed by atoms with Gasteiger partial charge in [0.1, 0.15) is 0 Å². The first-order chi connectivity index (χ1) is 28.1. The Balaban J connectivity index is 0.908. The molecule has 0 radical (unpaired) electrons. The van der Waals surface area contributed by atoms with Crippen LogP contribution in [0.25, 0.3) is 0 Å². The summed E-state index contributed by atoms with van der Waals surface area (Å²) >= 11 is 0. The summed E-state index contributed by atoms with van der Waals surface area (Å²) in [5.74, 6) is 1.64. The van der Waals surface area contributed by atoms with E-state index in [1.165, 1.54) is 5.56 Å². The minimum Gasteiger partial charge on any atom is -0.493 e. The van der Waals surface area contributed by atoms with E-state index in [9.17, 15) is 14.7 Å². The molecule has 4 aliphatic heterocycles. The zero-order valence-corrected chi connectivity index (χ0v) is 34.8. The van der Waals surface area contributed by atoms with Crippen LogP contribution in [0.2, 0.25) is 0 Å². The summed E-state index contributed by atoms with van der Waals surface area (Å²) in [6, 6.07) is 20.5. The summed E-state index contributed by atoms with van der Waals surface area (Å²) in [6.07, 6.45) is 7.91. The van der Waals surface area contributed by atoms with Crippen LogP contribution >= 0.6 is 21.6 Å². The van der Waals surface area contributed by atoms with Crippen molar-refractivity contribution in [3.63, 3.8) is 0 Å². The molecule has 3 atom stereocenters. The summed E-state index contributed by atoms with van der Waals surface area (Å²) in [5.41, 5.74) is 6.77. The molecule has 0 spiro atoms. The Bertz CT molecular complexity index is 2300. The molecule has 1 unspecified atom stereocenters. The Morgan fingerprint density at radius 2 is 1.53 bits per heavy atom. The van der Waals surface area contributed by atoms with Crippen LogP contribution in [0, 0.1) is 0 Å². The van der Waals surface area contributed by atoms with Crippen LogP contribution < -0.4 is 34.1 Å². The van der Waals surface area contributed by atoms with Crippen LogP contribution in [-0.2, 0) is 17.6 Å². The highest BCUT2D eigenvalue weighted by atomic mass is 33.1. The normalized spacial score (nSPS) is 18.6. The van der Waals surface area contributed by atoms with Crippen molar-refractivity contribution in [3.8, 4) is 23.0 Å². The summed E-state index contributed by atoms with van der Waals surface area (Å²) in [4.78, 5) is 40.3. The zero-order valence-electron chi connectivity index (χ0n) is 33.2. The summed E-state index contributed by atoms with van der Waals surface area (Å²) in [7, 11) is 6.58. The van der Waals surface area contributed by atoms with Crippen molar-refractivity contribution in [3.05, 3.63) is 89.0 Å². The monoisotopic (exact) mass is 821 g/mol. The highest BCUT2D eigenvalue weighted by Gasteiger charge is 2.38. The zero-order chi connectivity index (χ0) is 40.6. The maximum absolute atomic E-state index is 14.2. The molecule has 12 nitrogen and oxygen atoms in total. The Hall–Kier alpha value is -5.18. The van der Waals surface area contributed by atoms with Gasteiger partial charge in [0.05, 0.1) is 62.1 Å². The molecule has 4 aromatic rings. The van der Waals surface area contributed by atoms with Crippen molar-refractivity contribution in [1.29, 1.82) is 0 Å². The fourth-order valence-electron chi connectivity index (χ4n) is 7.98. The van der Waals surface area contributed by atoms with Gasteiger partial charge >= 0.3 is 0 Å². The van der Waals surface area contributed by atoms with Crippen LogP contribution in [0.1, 0.15) is 66.4 Å². The first-order valence-electron chi connectivity index (χ1n) is 19.4. The minimum atomic E-state index is -0.894. The van der Waals surface area contributed by atoms with Crippen molar-refractivity contribution in [1.82, 2.24) is 0 Å². The number of aliphatic imine (C=N–C) groups is 2. The second-order valence-electron chi connectivity index (χ2n) is 15.2. The van der Waals surface area contributed by atoms with Crippen molar-refractivity contribution in [2.75, 3.05) is 48.8 Å². The topological polar surface area (TPSA) is 135 Å². The van der Waals surface area contributed by atoms with Gasteiger partial charge in [0.15, 0.2) is 29.2 Å². The number of amides is 2. The number of ether oxygens (including phenoxy) is 4. The number of rotatable bonds is 14. The molecular weight excluding hydrogens is 775 g/mol. The Labute approximate surface area is 346 Å². The van der Waals surface area contributed by atoms with E-state index in [-0.39, 0.29) is 28.6 Å². The average molecular weight is 822 g/mol. The molecule has 58 heavy (non-hydrogen) atoms. The third-order valence-corrected chi connectivity index (χ3v) is 13.5. The third-order valence-electron chi connectivity index (χ3n) is 10.9. The van der Waals surface area contributed by atoms with Crippen LogP contribution in [0.3, 0.4) is 0 Å². The Kier molecular flexibility index (Phi) is 11.3. The van der Waals surface area contributed by atoms with Crippen LogP contribution in [0.4, 0.5) is 28.4 Å². The van der Waals surface area contributed by atoms with Gasteiger partial charge in [-0.1, -0.05) is 45.9 Å². The molecule has 0 saturated heterocycles. The Morgan fingerprint density at radius 3 is 2.29 bits per heavy atom. The number of fused-ring (bicyclic) bond motifs is 8. The number of para-hydroxylation sites is 1. The lowest BCUT2D eigenvalue weighted by molar-refractivity contribution is -0.116. The van der Waals surface area contributed by atoms with Gasteiger partial charge in [0.2, 0.25) is 5.91 Å². The molecule has 4 aliphatic rings. The van der Waals surface area contributed by atoms with Crippen LogP contribution in [-0.4, -0.2) is 79.9 Å². The molecule has 0 fully saturated rings. The maximum atomic E-state index is 14.2. The number of nitrogens with zero attached hydrogens (tertiary/aromatic N) is 4. The second kappa shape index (κ2) is 16.6. The molecule has 14 heteroatoms. The molecule has 2 N–H and O–H groups in total. The smallest absolute Gasteiger partial charge is 0.261 e. The van der Waals surface area contributed by atoms with Gasteiger partial charge in [-0.3, -0.25) is 24.5 Å². The van der Waals surface area contributed by atoms with Crippen molar-refractivity contribution < 1.29 is 33.6 Å². The molecule has 0 saturated carbocycles. The van der Waals surface area contributed by atoms with Gasteiger partial charge in [-0.2, -0.15) is 0 Å². The molecule has 0 aromatic heterocycles. The van der Waals surface area contributed by atoms with E-state index in [4.69, 9.17) is 28.9 Å². The van der Waals surface area contributed by atoms with Crippen LogP contribution in [0.15, 0.2) is 76.7 Å². The van der Waals surface area contributed by atoms with Crippen molar-refractivity contribution >= 4 is 74.3 Å². The second-order valence-corrected chi connectivity index (χ2v) is 18.3. The SMILES string of the molecule is COc1cc2c(cc1OCCCOc1cc3c(cc1OC)C(O)N1c4ccccc4C[C@H]1C=N3)N=C[C@@H]1Cc3ccc(NC(=O)CCC(C)(C)SSC)cc3N1C2=O. The largest absolute Gasteiger partial charge is 0.493 e. The molecule has 0 bridgehead atoms. The first-order valence-corrected chi connectivity index (χ1v) is 21.9. The standard InChI is InChI=1S/C44H47N5O7S2/c1-44(2,58-57-5)14-13-41(50)47-28-12-11-27-18-30-25-46-34-23-40(38(54-4)21-32(34)43(52)49(30)36(27)19-28)56-16-8-15-55-39-22-33-31(20-37(39)53-3)42(51)48-29(24-45-33)17-26-9-6-7-10-35(26)48/h6-7,9-12,19-25,29-30,42,51H,8,13-18H2,1-5H3,(H,47,50)/t29-,30-,42?/m0/s1. The predicted molar refractivity (Wildman–Crippen MR) is 233 cm³/mol. The van der Waals surface area contributed by atoms with Gasteiger partial charge in [0, 0.05) is 71.9 Å². The summed E-state index contributed by atoms with van der Waals surface area (Å²) < 4.78 is 23.7. The van der Waals surface area contributed by atoms with E-state index in [2.05, 4.69) is 25.2 Å². The molecule has 0 aliphatic carbocycles. The van der Waals surface area contributed by atoms with Crippen LogP contribution in [0.5, 0.6) is 23.0 Å². The summed E-state index contributed by atoms with van der Waals surface area (Å²) in [6.45, 7) is 4.91. The maximum Gasteiger partial charge on any atom is 0.261 e. The number of anilines is 3. The van der Waals surface area contributed by atoms with Gasteiger partial charge in [0.25, 0.3) is 5.91 Å². The fourth-order valence-corrected chi connectivity index (χ4v) is 10.2. The number of hydrogen-bond donors (Lipinski definition) is 2. The number of carbonyl (C=O) groups excluding carboxylic acids is 2. The fraction of sp³-hybridized carbons (Fsp3) is 0.364. The first kappa shape index (κ1) is 39.6. The molecule has 302 valence electrons. The highest BCUT2D eigenvalue weighted by Crippen LogP contribution is 2.46. The number of methoxy groups -OCH3 is 2. The van der Waals surface area contributed by atoms with E-state index in [0.717, 1.165) is 29.8 Å². The highest BCUT2D eigenvalue weighted by molar-refractivity contribution is 8.76. The lowest BCUT2D eigenvalue weighted by atomic mass is 10.1. The molecule has 4 aromatic carbocycles.